The second-order valence-corrected chi connectivity index (χ2v) is 6.68. The van der Waals surface area contributed by atoms with Crippen LogP contribution in [0.4, 0.5) is 17.6 Å². The number of aromatic nitrogens is 1. The molecule has 152 valence electrons. The van der Waals surface area contributed by atoms with E-state index in [4.69, 9.17) is 21.1 Å². The van der Waals surface area contributed by atoms with E-state index in [0.717, 1.165) is 12.1 Å². The van der Waals surface area contributed by atoms with Crippen LogP contribution in [0.15, 0.2) is 42.5 Å². The molecule has 1 aromatic heterocycles. The maximum absolute atomic E-state index is 14.7. The van der Waals surface area contributed by atoms with Gasteiger partial charge in [-0.15, -0.1) is 0 Å². The van der Waals surface area contributed by atoms with Crippen molar-refractivity contribution in [2.45, 2.75) is 36.8 Å². The number of alkyl halides is 4. The quantitative estimate of drug-likeness (QED) is 0.741. The molecule has 1 saturated heterocycles. The van der Waals surface area contributed by atoms with Gasteiger partial charge in [-0.05, 0) is 23.8 Å². The number of aliphatic hydroxyl groups is 2. The van der Waals surface area contributed by atoms with Crippen molar-refractivity contribution in [3.05, 3.63) is 58.7 Å². The molecule has 3 rings (SSSR count). The predicted octanol–water partition coefficient (Wildman–Crippen LogP) is 3.33. The van der Waals surface area contributed by atoms with Crippen LogP contribution in [0, 0.1) is 0 Å². The van der Waals surface area contributed by atoms with E-state index < -0.39 is 48.3 Å². The Morgan fingerprint density at radius 3 is 2.43 bits per heavy atom. The van der Waals surface area contributed by atoms with Gasteiger partial charge in [0.25, 0.3) is 0 Å². The molecule has 5 nitrogen and oxygen atoms in total. The molecule has 2 unspecified atom stereocenters. The van der Waals surface area contributed by atoms with Crippen LogP contribution in [0.1, 0.15) is 17.4 Å². The van der Waals surface area contributed by atoms with Gasteiger partial charge in [0.05, 0.1) is 6.61 Å². The average molecular weight is 422 g/mol. The van der Waals surface area contributed by atoms with E-state index in [1.807, 2.05) is 0 Å². The molecule has 5 atom stereocenters. The SMILES string of the molecule is O[C@@H]1[C@@H](Oc2cccc(C(F)(F)F)n2)COC(C(F)c2ccc(Cl)cc2)[C@@H]1O. The van der Waals surface area contributed by atoms with Crippen molar-refractivity contribution in [1.82, 2.24) is 4.98 Å². The number of pyridine rings is 1. The molecule has 0 radical (unpaired) electrons. The fourth-order valence-corrected chi connectivity index (χ4v) is 2.93. The highest BCUT2D eigenvalue weighted by molar-refractivity contribution is 6.30. The summed E-state index contributed by atoms with van der Waals surface area (Å²) in [5, 5.41) is 20.9. The lowest BCUT2D eigenvalue weighted by molar-refractivity contribution is -0.198. The number of rotatable bonds is 4. The summed E-state index contributed by atoms with van der Waals surface area (Å²) in [6, 6.07) is 8.83. The first-order chi connectivity index (χ1) is 13.2. The van der Waals surface area contributed by atoms with E-state index in [1.165, 1.54) is 30.3 Å². The van der Waals surface area contributed by atoms with Gasteiger partial charge in [0.15, 0.2) is 12.3 Å². The Morgan fingerprint density at radius 1 is 1.11 bits per heavy atom. The van der Waals surface area contributed by atoms with Crippen LogP contribution < -0.4 is 4.74 Å². The first-order valence-electron chi connectivity index (χ1n) is 8.25. The van der Waals surface area contributed by atoms with Gasteiger partial charge in [0.1, 0.15) is 24.0 Å². The molecule has 1 aliphatic heterocycles. The molecule has 2 heterocycles. The Hall–Kier alpha value is -1.94. The van der Waals surface area contributed by atoms with Gasteiger partial charge < -0.3 is 19.7 Å². The van der Waals surface area contributed by atoms with Crippen molar-refractivity contribution in [2.24, 2.45) is 0 Å². The number of benzene rings is 1. The lowest BCUT2D eigenvalue weighted by Crippen LogP contribution is -2.56. The van der Waals surface area contributed by atoms with E-state index in [9.17, 15) is 27.8 Å². The Kier molecular flexibility index (Phi) is 6.09. The maximum atomic E-state index is 14.7. The molecule has 0 aliphatic carbocycles. The van der Waals surface area contributed by atoms with Crippen LogP contribution in [-0.4, -0.2) is 46.2 Å². The Morgan fingerprint density at radius 2 is 1.79 bits per heavy atom. The van der Waals surface area contributed by atoms with Gasteiger partial charge in [-0.2, -0.15) is 13.2 Å². The molecule has 0 spiro atoms. The summed E-state index contributed by atoms with van der Waals surface area (Å²) in [4.78, 5) is 3.33. The summed E-state index contributed by atoms with van der Waals surface area (Å²) < 4.78 is 63.4. The Labute approximate surface area is 162 Å². The minimum Gasteiger partial charge on any atom is -0.469 e. The third-order valence-corrected chi connectivity index (χ3v) is 4.54. The zero-order valence-electron chi connectivity index (χ0n) is 14.2. The molecule has 10 heteroatoms. The zero-order valence-corrected chi connectivity index (χ0v) is 14.9. The number of hydrogen-bond donors (Lipinski definition) is 2. The molecule has 0 saturated carbocycles. The largest absolute Gasteiger partial charge is 0.469 e. The monoisotopic (exact) mass is 421 g/mol. The number of hydrogen-bond acceptors (Lipinski definition) is 5. The van der Waals surface area contributed by atoms with Crippen molar-refractivity contribution in [1.29, 1.82) is 0 Å². The highest BCUT2D eigenvalue weighted by Gasteiger charge is 2.44. The zero-order chi connectivity index (χ0) is 20.5. The summed E-state index contributed by atoms with van der Waals surface area (Å²) in [7, 11) is 0. The van der Waals surface area contributed by atoms with Crippen LogP contribution in [0.5, 0.6) is 5.88 Å². The van der Waals surface area contributed by atoms with Gasteiger partial charge in [-0.25, -0.2) is 9.37 Å². The van der Waals surface area contributed by atoms with Crippen molar-refractivity contribution in [3.63, 3.8) is 0 Å². The topological polar surface area (TPSA) is 71.8 Å². The first-order valence-corrected chi connectivity index (χ1v) is 8.63. The molecule has 0 amide bonds. The van der Waals surface area contributed by atoms with E-state index in [1.54, 1.807) is 0 Å². The third kappa shape index (κ3) is 4.54. The molecular weight excluding hydrogens is 406 g/mol. The molecule has 1 aromatic carbocycles. The smallest absolute Gasteiger partial charge is 0.433 e. The van der Waals surface area contributed by atoms with Crippen molar-refractivity contribution in [2.75, 3.05) is 6.61 Å². The highest BCUT2D eigenvalue weighted by Crippen LogP contribution is 2.33. The van der Waals surface area contributed by atoms with E-state index >= 15 is 0 Å². The molecule has 28 heavy (non-hydrogen) atoms. The number of aliphatic hydroxyl groups excluding tert-OH is 2. The van der Waals surface area contributed by atoms with Crippen molar-refractivity contribution < 1.29 is 37.2 Å². The summed E-state index contributed by atoms with van der Waals surface area (Å²) in [5.41, 5.74) is -0.972. The van der Waals surface area contributed by atoms with Crippen LogP contribution in [0.25, 0.3) is 0 Å². The highest BCUT2D eigenvalue weighted by atomic mass is 35.5. The molecular formula is C18H16ClF4NO4. The second kappa shape index (κ2) is 8.20. The Bertz CT molecular complexity index is 805. The van der Waals surface area contributed by atoms with Crippen molar-refractivity contribution >= 4 is 11.6 Å². The van der Waals surface area contributed by atoms with Crippen LogP contribution in [0.3, 0.4) is 0 Å². The van der Waals surface area contributed by atoms with E-state index in [2.05, 4.69) is 4.98 Å². The summed E-state index contributed by atoms with van der Waals surface area (Å²) >= 11 is 5.75. The van der Waals surface area contributed by atoms with E-state index in [-0.39, 0.29) is 12.2 Å². The van der Waals surface area contributed by atoms with Gasteiger partial charge in [-0.1, -0.05) is 29.8 Å². The predicted molar refractivity (Wildman–Crippen MR) is 90.7 cm³/mol. The van der Waals surface area contributed by atoms with Gasteiger partial charge in [0, 0.05) is 11.1 Å². The first kappa shape index (κ1) is 20.8. The summed E-state index contributed by atoms with van der Waals surface area (Å²) in [6.45, 7) is -0.352. The molecule has 2 aromatic rings. The second-order valence-electron chi connectivity index (χ2n) is 6.25. The van der Waals surface area contributed by atoms with Crippen molar-refractivity contribution in [3.8, 4) is 5.88 Å². The lowest BCUT2D eigenvalue weighted by atomic mass is 9.93. The van der Waals surface area contributed by atoms with Gasteiger partial charge in [0.2, 0.25) is 5.88 Å². The lowest BCUT2D eigenvalue weighted by Gasteiger charge is -2.38. The van der Waals surface area contributed by atoms with Crippen LogP contribution >= 0.6 is 11.6 Å². The Balaban J connectivity index is 1.69. The maximum Gasteiger partial charge on any atom is 0.433 e. The van der Waals surface area contributed by atoms with Crippen LogP contribution in [-0.2, 0) is 10.9 Å². The van der Waals surface area contributed by atoms with Gasteiger partial charge >= 0.3 is 6.18 Å². The average Bonchev–Trinajstić information content (AvgIpc) is 2.65. The molecule has 1 aliphatic rings. The molecule has 1 fully saturated rings. The van der Waals surface area contributed by atoms with E-state index in [0.29, 0.717) is 5.02 Å². The summed E-state index contributed by atoms with van der Waals surface area (Å²) in [5.74, 6) is -0.400. The van der Waals surface area contributed by atoms with Gasteiger partial charge in [-0.3, -0.25) is 0 Å². The molecule has 2 N–H and O–H groups in total. The standard InChI is InChI=1S/C18H16ClF4NO4/c19-10-6-4-9(5-7-10)14(20)17-16(26)15(25)11(8-27-17)28-13-3-1-2-12(24-13)18(21,22)23/h1-7,11,14-17,25-26H,8H2/t11-,14?,15+,16+,17?/m0/s1. The molecule has 0 bridgehead atoms. The minimum atomic E-state index is -4.66. The number of halogens is 5. The number of ether oxygens (including phenoxy) is 2. The van der Waals surface area contributed by atoms with Crippen LogP contribution in [0.2, 0.25) is 5.02 Å². The fraction of sp³-hybridized carbons (Fsp3) is 0.389. The fourth-order valence-electron chi connectivity index (χ4n) is 2.81. The normalized spacial score (nSPS) is 26.7. The summed E-state index contributed by atoms with van der Waals surface area (Å²) in [6.07, 6.45) is -12.3. The third-order valence-electron chi connectivity index (χ3n) is 4.28. The number of nitrogens with zero attached hydrogens (tertiary/aromatic N) is 1. The minimum absolute atomic E-state index is 0.194.